The first-order valence-electron chi connectivity index (χ1n) is 10.4. The summed E-state index contributed by atoms with van der Waals surface area (Å²) in [6.45, 7) is 0. The predicted molar refractivity (Wildman–Crippen MR) is 104 cm³/mol. The third-order valence-electron chi connectivity index (χ3n) is 16.1. The molecule has 4 unspecified atom stereocenters. The third kappa shape index (κ3) is 0.199. The van der Waals surface area contributed by atoms with Gasteiger partial charge in [0.1, 0.15) is 0 Å². The molecule has 2 aromatic carbocycles. The maximum absolute atomic E-state index is 2.79. The van der Waals surface area contributed by atoms with E-state index >= 15 is 0 Å². The quantitative estimate of drug-likeness (QED) is 0.368. The van der Waals surface area contributed by atoms with E-state index in [1.165, 1.54) is 56.3 Å². The molecule has 0 radical (unpaired) electrons. The van der Waals surface area contributed by atoms with E-state index in [-0.39, 0.29) is 7.92 Å². The molecule has 1 spiro atoms. The third-order valence-corrected chi connectivity index (χ3v) is 60.9. The predicted octanol–water partition coefficient (Wildman–Crippen LogP) is 7.17. The molecule has 0 saturated carbocycles. The van der Waals surface area contributed by atoms with Gasteiger partial charge in [0.15, 0.2) is 0 Å². The Bertz CT molecular complexity index is 1340. The van der Waals surface area contributed by atoms with Crippen molar-refractivity contribution in [3.8, 4) is 0 Å². The van der Waals surface area contributed by atoms with Crippen molar-refractivity contribution in [1.29, 1.82) is 0 Å². The zero-order chi connectivity index (χ0) is 16.2. The second-order valence-corrected chi connectivity index (χ2v) is 36.5. The molecule has 0 aliphatic carbocycles. The van der Waals surface area contributed by atoms with Gasteiger partial charge in [0.2, 0.25) is 0 Å². The minimum atomic E-state index is -2.79. The average Bonchev–Trinajstić information content (AvgIpc) is 3.62. The van der Waals surface area contributed by atoms with Gasteiger partial charge in [-0.15, -0.1) is 0 Å². The molecule has 2 aromatic rings. The van der Waals surface area contributed by atoms with Gasteiger partial charge in [0, 0.05) is 0 Å². The van der Waals surface area contributed by atoms with Gasteiger partial charge < -0.3 is 0 Å². The molecule has 10 aliphatic heterocycles. The van der Waals surface area contributed by atoms with Gasteiger partial charge >= 0.3 is 146 Å². The number of rotatable bonds is 5. The van der Waals surface area contributed by atoms with Crippen LogP contribution in [0.5, 0.6) is 0 Å². The first-order valence-corrected chi connectivity index (χ1v) is 17.8. The molecular weight excluding hydrogens is 378 g/mol. The van der Waals surface area contributed by atoms with Gasteiger partial charge in [-0.25, -0.2) is 0 Å². The molecule has 10 heterocycles. The van der Waals surface area contributed by atoms with E-state index < -0.39 is 6.23 Å². The molecule has 134 valence electrons. The van der Waals surface area contributed by atoms with Crippen LogP contribution >= 0.6 is 7.92 Å². The van der Waals surface area contributed by atoms with Gasteiger partial charge in [0.25, 0.3) is 0 Å². The van der Waals surface area contributed by atoms with E-state index in [1.807, 2.05) is 0 Å². The Labute approximate surface area is 146 Å². The molecule has 12 rings (SSSR count). The summed E-state index contributed by atoms with van der Waals surface area (Å²) in [6.07, 6.45) is 0.113. The number of benzene rings is 2. The molecule has 0 bridgehead atoms. The van der Waals surface area contributed by atoms with Crippen LogP contribution in [0, 0.1) is 0 Å². The zero-order valence-corrected chi connectivity index (χ0v) is 16.5. The van der Waals surface area contributed by atoms with Crippen LogP contribution < -0.4 is 0 Å². The fourth-order valence-corrected chi connectivity index (χ4v) is 95.4. The normalized spacial score (nSPS) is 82.0. The van der Waals surface area contributed by atoms with Crippen molar-refractivity contribution < 1.29 is 6.23 Å². The minimum absolute atomic E-state index is 0.164. The van der Waals surface area contributed by atoms with Gasteiger partial charge in [-0.2, -0.15) is 0 Å². The molecule has 10 aliphatic rings. The molecule has 10 fully saturated rings. The Morgan fingerprint density at radius 1 is 0.615 bits per heavy atom. The summed E-state index contributed by atoms with van der Waals surface area (Å²) in [5.41, 5.74) is 3.31. The topological polar surface area (TPSA) is 0 Å². The Morgan fingerprint density at radius 2 is 1.04 bits per heavy atom. The van der Waals surface area contributed by atoms with E-state index in [0.29, 0.717) is 0 Å². The number of hydrogen-bond acceptors (Lipinski definition) is 0. The molecule has 2 heteroatoms. The van der Waals surface area contributed by atoms with Gasteiger partial charge in [-0.1, -0.05) is 0 Å². The van der Waals surface area contributed by atoms with Crippen molar-refractivity contribution in [2.75, 3.05) is 0 Å². The number of hydrogen-bond donors (Lipinski definition) is 0. The molecule has 10 saturated heterocycles. The fourth-order valence-electron chi connectivity index (χ4n) is 17.0. The Morgan fingerprint density at radius 3 is 1.35 bits per heavy atom. The molecular formula is C24H23NiP. The van der Waals surface area contributed by atoms with Crippen LogP contribution in [-0.2, 0) is 18.6 Å². The van der Waals surface area contributed by atoms with Crippen molar-refractivity contribution in [2.24, 2.45) is 0 Å². The summed E-state index contributed by atoms with van der Waals surface area (Å²) < 4.78 is 1.07. The molecule has 0 nitrogen and oxygen atoms in total. The first kappa shape index (κ1) is 11.4. The number of fused-ring (bicyclic) bond motifs is 10. The van der Waals surface area contributed by atoms with Crippen LogP contribution in [0.4, 0.5) is 0 Å². The molecule has 0 N–H and O–H groups in total. The van der Waals surface area contributed by atoms with Crippen molar-refractivity contribution in [2.45, 2.75) is 60.4 Å². The van der Waals surface area contributed by atoms with E-state index in [1.54, 1.807) is 11.1 Å². The van der Waals surface area contributed by atoms with E-state index in [2.05, 4.69) is 60.7 Å². The summed E-state index contributed by atoms with van der Waals surface area (Å²) >= 11 is 0. The zero-order valence-electron chi connectivity index (χ0n) is 14.6. The van der Waals surface area contributed by atoms with Crippen LogP contribution in [0.15, 0.2) is 60.7 Å². The summed E-state index contributed by atoms with van der Waals surface area (Å²) in [5, 5.41) is 0. The SMILES string of the molecule is c1ccc(CP(Cc2ccccc2)[C]23[CH]4[CH]5[CH]6[CH]2[Ni]56432789[CH]3[CH]2[CH]7[CH]8[CH]39)cc1. The van der Waals surface area contributed by atoms with Crippen molar-refractivity contribution in [3.63, 3.8) is 0 Å². The van der Waals surface area contributed by atoms with Crippen LogP contribution in [-0.4, -0.2) is 4.13 Å². The molecule has 26 heavy (non-hydrogen) atoms. The summed E-state index contributed by atoms with van der Waals surface area (Å²) in [5.74, 6) is 0. The van der Waals surface area contributed by atoms with Crippen LogP contribution in [0.2, 0.25) is 44.0 Å². The van der Waals surface area contributed by atoms with E-state index in [0.717, 1.165) is 4.13 Å². The molecule has 0 aromatic heterocycles. The van der Waals surface area contributed by atoms with Crippen molar-refractivity contribution in [1.82, 2.24) is 0 Å². The Balaban J connectivity index is 1.14. The maximum atomic E-state index is 2.43. The van der Waals surface area contributed by atoms with Crippen LogP contribution in [0.25, 0.3) is 0 Å². The van der Waals surface area contributed by atoms with Gasteiger partial charge in [-0.05, 0) is 0 Å². The Kier molecular flexibility index (Phi) is 0.602. The average molecular weight is 401 g/mol. The summed E-state index contributed by atoms with van der Waals surface area (Å²) in [4.78, 5) is 13.1. The van der Waals surface area contributed by atoms with Crippen molar-refractivity contribution in [3.05, 3.63) is 71.8 Å². The Hall–Kier alpha value is -0.636. The standard InChI is InChI=1S/C19H18P.C5H5.Ni/c1-3-9-17(10-4-1)15-20(19-13-7-8-14-19)16-18-11-5-2-6-12-18;1-2-4-5-3-1;/h1-14H,15-16H2;1-5H;. The van der Waals surface area contributed by atoms with Crippen LogP contribution in [0.1, 0.15) is 11.1 Å². The van der Waals surface area contributed by atoms with Crippen LogP contribution in [0.3, 0.4) is 0 Å². The van der Waals surface area contributed by atoms with Gasteiger partial charge in [0.05, 0.1) is 0 Å². The summed E-state index contributed by atoms with van der Waals surface area (Å²) in [6, 6.07) is 23.3. The first-order chi connectivity index (χ1) is 12.6. The van der Waals surface area contributed by atoms with E-state index in [9.17, 15) is 0 Å². The molecule has 0 amide bonds. The monoisotopic (exact) mass is 400 g/mol. The van der Waals surface area contributed by atoms with Gasteiger partial charge in [-0.3, -0.25) is 0 Å². The summed E-state index contributed by atoms with van der Waals surface area (Å²) in [7, 11) is 0.164. The molecule has 4 atom stereocenters. The van der Waals surface area contributed by atoms with Crippen molar-refractivity contribution >= 4 is 7.92 Å². The van der Waals surface area contributed by atoms with E-state index in [4.69, 9.17) is 0 Å². The second-order valence-electron chi connectivity index (χ2n) is 12.7. The second kappa shape index (κ2) is 1.37. The fraction of sp³-hybridized carbons (Fsp3) is 0.500.